The van der Waals surface area contributed by atoms with Crippen LogP contribution in [0.2, 0.25) is 0 Å². The highest BCUT2D eigenvalue weighted by Gasteiger charge is 2.31. The molecule has 0 bridgehead atoms. The van der Waals surface area contributed by atoms with Crippen LogP contribution in [0.1, 0.15) is 36.2 Å². The van der Waals surface area contributed by atoms with E-state index in [0.29, 0.717) is 18.4 Å². The summed E-state index contributed by atoms with van der Waals surface area (Å²) in [4.78, 5) is 24.1. The number of carbonyl (C=O) groups excluding carboxylic acids is 2. The highest BCUT2D eigenvalue weighted by atomic mass is 16.6. The predicted octanol–water partition coefficient (Wildman–Crippen LogP) is 3.70. The molecule has 1 amide bonds. The number of primary amides is 1. The molecule has 0 heterocycles. The molecule has 0 aliphatic carbocycles. The average molecular weight is 341 g/mol. The van der Waals surface area contributed by atoms with E-state index in [2.05, 4.69) is 0 Å². The van der Waals surface area contributed by atoms with Gasteiger partial charge in [0.2, 0.25) is 0 Å². The smallest absolute Gasteiger partial charge is 0.405 e. The molecule has 0 radical (unpaired) electrons. The van der Waals surface area contributed by atoms with E-state index in [0.717, 1.165) is 5.56 Å². The number of hydrogen-bond donors (Lipinski definition) is 2. The van der Waals surface area contributed by atoms with E-state index in [-0.39, 0.29) is 17.5 Å². The first-order valence-corrected chi connectivity index (χ1v) is 8.12. The minimum atomic E-state index is -0.863. The molecule has 5 heteroatoms. The fourth-order valence-corrected chi connectivity index (χ4v) is 2.92. The molecule has 0 spiro atoms. The van der Waals surface area contributed by atoms with E-state index >= 15 is 0 Å². The second-order valence-electron chi connectivity index (χ2n) is 6.68. The van der Waals surface area contributed by atoms with E-state index in [4.69, 9.17) is 10.5 Å². The summed E-state index contributed by atoms with van der Waals surface area (Å²) < 4.78 is 5.16. The lowest BCUT2D eigenvalue weighted by molar-refractivity contribution is 0.0256. The van der Waals surface area contributed by atoms with Crippen LogP contribution in [0.5, 0.6) is 5.75 Å². The maximum absolute atomic E-state index is 13.0. The molecule has 5 nitrogen and oxygen atoms in total. The van der Waals surface area contributed by atoms with Crippen molar-refractivity contribution >= 4 is 11.9 Å². The van der Waals surface area contributed by atoms with E-state index in [1.54, 1.807) is 26.0 Å². The minimum Gasteiger partial charge on any atom is -0.508 e. The molecule has 0 aliphatic rings. The summed E-state index contributed by atoms with van der Waals surface area (Å²) >= 11 is 0. The quantitative estimate of drug-likeness (QED) is 0.752. The first kappa shape index (κ1) is 18.5. The zero-order valence-electron chi connectivity index (χ0n) is 14.4. The number of benzene rings is 2. The van der Waals surface area contributed by atoms with Gasteiger partial charge in [-0.1, -0.05) is 30.3 Å². The van der Waals surface area contributed by atoms with E-state index < -0.39 is 11.7 Å². The summed E-state index contributed by atoms with van der Waals surface area (Å²) in [6, 6.07) is 15.8. The second-order valence-corrected chi connectivity index (χ2v) is 6.68. The molecule has 1 atom stereocenters. The van der Waals surface area contributed by atoms with Crippen LogP contribution >= 0.6 is 0 Å². The van der Waals surface area contributed by atoms with Crippen LogP contribution in [0.15, 0.2) is 54.6 Å². The molecule has 2 rings (SSSR count). The van der Waals surface area contributed by atoms with Crippen LogP contribution in [0, 0.1) is 5.92 Å². The van der Waals surface area contributed by atoms with Crippen molar-refractivity contribution in [2.45, 2.75) is 32.3 Å². The Morgan fingerprint density at radius 1 is 1.08 bits per heavy atom. The molecular weight excluding hydrogens is 318 g/mol. The molecule has 0 fully saturated rings. The van der Waals surface area contributed by atoms with Gasteiger partial charge in [-0.25, -0.2) is 4.79 Å². The topological polar surface area (TPSA) is 89.6 Å². The summed E-state index contributed by atoms with van der Waals surface area (Å²) in [6.07, 6.45) is -0.00282. The number of carbonyl (C=O) groups is 2. The van der Waals surface area contributed by atoms with Crippen LogP contribution < -0.4 is 5.73 Å². The monoisotopic (exact) mass is 341 g/mol. The van der Waals surface area contributed by atoms with Gasteiger partial charge in [-0.2, -0.15) is 0 Å². The Hall–Kier alpha value is -2.82. The molecule has 0 aromatic heterocycles. The molecule has 0 aliphatic heterocycles. The van der Waals surface area contributed by atoms with Crippen molar-refractivity contribution in [1.82, 2.24) is 0 Å². The third-order valence-corrected chi connectivity index (χ3v) is 3.96. The van der Waals surface area contributed by atoms with Crippen LogP contribution in [0.4, 0.5) is 4.79 Å². The number of amides is 1. The van der Waals surface area contributed by atoms with Gasteiger partial charge < -0.3 is 15.6 Å². The van der Waals surface area contributed by atoms with Crippen LogP contribution in [0.3, 0.4) is 0 Å². The molecule has 25 heavy (non-hydrogen) atoms. The number of phenolic OH excluding ortho intramolecular Hbond substituents is 1. The number of ether oxygens (including phenoxy) is 1. The molecule has 3 N–H and O–H groups in total. The van der Waals surface area contributed by atoms with Gasteiger partial charge in [-0.3, -0.25) is 4.79 Å². The van der Waals surface area contributed by atoms with Gasteiger partial charge in [0.05, 0.1) is 0 Å². The number of aromatic hydroxyl groups is 1. The van der Waals surface area contributed by atoms with Crippen molar-refractivity contribution in [2.24, 2.45) is 11.7 Å². The lowest BCUT2D eigenvalue weighted by Crippen LogP contribution is -2.35. The predicted molar refractivity (Wildman–Crippen MR) is 95.4 cm³/mol. The first-order chi connectivity index (χ1) is 11.8. The lowest BCUT2D eigenvalue weighted by atomic mass is 9.83. The van der Waals surface area contributed by atoms with Gasteiger partial charge >= 0.3 is 6.09 Å². The number of Topliss-reactive ketones (excluding diaryl/α,β-unsaturated/α-hetero) is 1. The summed E-state index contributed by atoms with van der Waals surface area (Å²) in [5.41, 5.74) is 5.80. The Labute approximate surface area is 147 Å². The highest BCUT2D eigenvalue weighted by Crippen LogP contribution is 2.27. The lowest BCUT2D eigenvalue weighted by Gasteiger charge is -2.28. The summed E-state index contributed by atoms with van der Waals surface area (Å²) in [5, 5.41) is 9.42. The van der Waals surface area contributed by atoms with Gasteiger partial charge in [0, 0.05) is 11.5 Å². The molecule has 0 saturated carbocycles. The molecular formula is C20H23NO4. The van der Waals surface area contributed by atoms with E-state index in [1.165, 1.54) is 12.1 Å². The molecule has 2 aromatic carbocycles. The van der Waals surface area contributed by atoms with E-state index in [9.17, 15) is 14.7 Å². The molecule has 1 unspecified atom stereocenters. The molecule has 0 saturated heterocycles. The summed E-state index contributed by atoms with van der Waals surface area (Å²) in [5.74, 6) is -0.347. The van der Waals surface area contributed by atoms with Crippen molar-refractivity contribution in [1.29, 1.82) is 0 Å². The molecule has 132 valence electrons. The maximum atomic E-state index is 13.0. The third-order valence-electron chi connectivity index (χ3n) is 3.96. The maximum Gasteiger partial charge on any atom is 0.405 e. The van der Waals surface area contributed by atoms with Gasteiger partial charge in [-0.05, 0) is 56.5 Å². The second kappa shape index (κ2) is 7.83. The van der Waals surface area contributed by atoms with Gasteiger partial charge in [0.15, 0.2) is 5.78 Å². The Kier molecular flexibility index (Phi) is 5.80. The third kappa shape index (κ3) is 5.64. The Morgan fingerprint density at radius 3 is 2.24 bits per heavy atom. The number of nitrogens with two attached hydrogens (primary N) is 1. The van der Waals surface area contributed by atoms with Crippen LogP contribution in [-0.4, -0.2) is 22.6 Å². The average Bonchev–Trinajstić information content (AvgIpc) is 2.54. The SMILES string of the molecule is CC(C)(CC(Cc1ccccc1)C(=O)c1ccc(O)cc1)OC(N)=O. The minimum absolute atomic E-state index is 0.0648. The molecule has 2 aromatic rings. The van der Waals surface area contributed by atoms with Gasteiger partial charge in [-0.15, -0.1) is 0 Å². The summed E-state index contributed by atoms with van der Waals surface area (Å²) in [6.45, 7) is 3.47. The Bertz CT molecular complexity index is 723. The Morgan fingerprint density at radius 2 is 1.68 bits per heavy atom. The zero-order valence-corrected chi connectivity index (χ0v) is 14.4. The standard InChI is InChI=1S/C20H23NO4/c1-20(2,25-19(21)24)13-16(12-14-6-4-3-5-7-14)18(23)15-8-10-17(22)11-9-15/h3-11,16,22H,12-13H2,1-2H3,(H2,21,24). The van der Waals surface area contributed by atoms with E-state index in [1.807, 2.05) is 30.3 Å². The van der Waals surface area contributed by atoms with Crippen molar-refractivity contribution in [3.05, 3.63) is 65.7 Å². The fraction of sp³-hybridized carbons (Fsp3) is 0.300. The van der Waals surface area contributed by atoms with Crippen molar-refractivity contribution in [3.8, 4) is 5.75 Å². The zero-order chi connectivity index (χ0) is 18.4. The number of ketones is 1. The highest BCUT2D eigenvalue weighted by molar-refractivity contribution is 5.98. The van der Waals surface area contributed by atoms with Crippen LogP contribution in [-0.2, 0) is 11.2 Å². The van der Waals surface area contributed by atoms with Crippen LogP contribution in [0.25, 0.3) is 0 Å². The number of phenols is 1. The first-order valence-electron chi connectivity index (χ1n) is 8.12. The largest absolute Gasteiger partial charge is 0.508 e. The number of rotatable bonds is 7. The Balaban J connectivity index is 2.26. The number of hydrogen-bond acceptors (Lipinski definition) is 4. The fourth-order valence-electron chi connectivity index (χ4n) is 2.92. The normalized spacial score (nSPS) is 12.4. The van der Waals surface area contributed by atoms with Crippen molar-refractivity contribution < 1.29 is 19.4 Å². The van der Waals surface area contributed by atoms with Crippen molar-refractivity contribution in [3.63, 3.8) is 0 Å². The van der Waals surface area contributed by atoms with Gasteiger partial charge in [0.25, 0.3) is 0 Å². The van der Waals surface area contributed by atoms with Gasteiger partial charge in [0.1, 0.15) is 11.4 Å². The van der Waals surface area contributed by atoms with Crippen molar-refractivity contribution in [2.75, 3.05) is 0 Å². The summed E-state index contributed by atoms with van der Waals surface area (Å²) in [7, 11) is 0.